The number of hydrogen-bond donors (Lipinski definition) is 0. The van der Waals surface area contributed by atoms with E-state index in [1.165, 1.54) is 0 Å². The lowest BCUT2D eigenvalue weighted by atomic mass is 10.1. The Kier molecular flexibility index (Phi) is 5.96. The molecule has 1 aliphatic rings. The summed E-state index contributed by atoms with van der Waals surface area (Å²) in [5.41, 5.74) is 1.54. The molecule has 6 nitrogen and oxygen atoms in total. The first-order valence-corrected chi connectivity index (χ1v) is 8.52. The van der Waals surface area contributed by atoms with Crippen molar-refractivity contribution in [2.45, 2.75) is 6.61 Å². The highest BCUT2D eigenvalue weighted by Gasteiger charge is 2.23. The Labute approximate surface area is 153 Å². The lowest BCUT2D eigenvalue weighted by Crippen LogP contribution is -2.40. The third-order valence-corrected chi connectivity index (χ3v) is 4.23. The van der Waals surface area contributed by atoms with Crippen molar-refractivity contribution in [3.05, 3.63) is 53.6 Å². The average molecular weight is 357 g/mol. The average Bonchev–Trinajstić information content (AvgIpc) is 2.72. The van der Waals surface area contributed by atoms with Gasteiger partial charge in [0.25, 0.3) is 5.91 Å². The van der Waals surface area contributed by atoms with E-state index in [0.717, 1.165) is 5.56 Å². The van der Waals surface area contributed by atoms with E-state index in [-0.39, 0.29) is 5.91 Å². The maximum absolute atomic E-state index is 12.7. The van der Waals surface area contributed by atoms with Gasteiger partial charge in [0.05, 0.1) is 27.4 Å². The van der Waals surface area contributed by atoms with Crippen LogP contribution in [0.3, 0.4) is 0 Å². The number of carbonyl (C=O) groups is 1. The Hall–Kier alpha value is -2.73. The van der Waals surface area contributed by atoms with Crippen molar-refractivity contribution in [2.24, 2.45) is 0 Å². The first-order valence-electron chi connectivity index (χ1n) is 8.52. The summed E-state index contributed by atoms with van der Waals surface area (Å²) < 4.78 is 22.1. The molecular formula is C20H23NO5. The largest absolute Gasteiger partial charge is 0.493 e. The van der Waals surface area contributed by atoms with Gasteiger partial charge in [0.1, 0.15) is 6.61 Å². The van der Waals surface area contributed by atoms with Crippen LogP contribution in [0.15, 0.2) is 42.5 Å². The zero-order valence-corrected chi connectivity index (χ0v) is 15.1. The maximum Gasteiger partial charge on any atom is 0.254 e. The molecule has 2 aromatic rings. The van der Waals surface area contributed by atoms with E-state index in [4.69, 9.17) is 18.9 Å². The maximum atomic E-state index is 12.7. The number of benzene rings is 2. The third kappa shape index (κ3) is 4.08. The summed E-state index contributed by atoms with van der Waals surface area (Å²) in [6.45, 7) is 2.65. The standard InChI is InChI=1S/C20H23NO5/c1-23-17-12-16(20(22)21-8-10-25-11-9-21)13-18(24-2)19(17)26-14-15-6-4-3-5-7-15/h3-7,12-13H,8-11,14H2,1-2H3. The second-order valence-corrected chi connectivity index (χ2v) is 5.89. The highest BCUT2D eigenvalue weighted by Crippen LogP contribution is 2.39. The van der Waals surface area contributed by atoms with Gasteiger partial charge in [-0.05, 0) is 17.7 Å². The summed E-state index contributed by atoms with van der Waals surface area (Å²) in [5.74, 6) is 1.35. The lowest BCUT2D eigenvalue weighted by Gasteiger charge is -2.27. The van der Waals surface area contributed by atoms with Crippen LogP contribution in [0.5, 0.6) is 17.2 Å². The van der Waals surface area contributed by atoms with Crippen LogP contribution in [-0.4, -0.2) is 51.3 Å². The number of nitrogens with zero attached hydrogens (tertiary/aromatic N) is 1. The summed E-state index contributed by atoms with van der Waals surface area (Å²) >= 11 is 0. The van der Waals surface area contributed by atoms with E-state index < -0.39 is 0 Å². The normalized spacial score (nSPS) is 14.0. The quantitative estimate of drug-likeness (QED) is 0.796. The van der Waals surface area contributed by atoms with Crippen molar-refractivity contribution in [3.8, 4) is 17.2 Å². The first-order chi connectivity index (χ1) is 12.7. The minimum Gasteiger partial charge on any atom is -0.493 e. The molecule has 0 bridgehead atoms. The van der Waals surface area contributed by atoms with Crippen LogP contribution in [0.25, 0.3) is 0 Å². The highest BCUT2D eigenvalue weighted by molar-refractivity contribution is 5.95. The van der Waals surface area contributed by atoms with Gasteiger partial charge in [-0.15, -0.1) is 0 Å². The lowest BCUT2D eigenvalue weighted by molar-refractivity contribution is 0.0302. The van der Waals surface area contributed by atoms with Gasteiger partial charge in [0.2, 0.25) is 5.75 Å². The van der Waals surface area contributed by atoms with Crippen LogP contribution in [0.2, 0.25) is 0 Å². The molecule has 138 valence electrons. The first kappa shape index (κ1) is 18.1. The Morgan fingerprint density at radius 2 is 1.65 bits per heavy atom. The number of morpholine rings is 1. The number of ether oxygens (including phenoxy) is 4. The molecule has 0 radical (unpaired) electrons. The molecule has 2 aromatic carbocycles. The number of methoxy groups -OCH3 is 2. The van der Waals surface area contributed by atoms with E-state index in [0.29, 0.717) is 55.7 Å². The van der Waals surface area contributed by atoms with E-state index in [1.54, 1.807) is 31.3 Å². The van der Waals surface area contributed by atoms with E-state index in [9.17, 15) is 4.79 Å². The fourth-order valence-electron chi connectivity index (χ4n) is 2.82. The fraction of sp³-hybridized carbons (Fsp3) is 0.350. The van der Waals surface area contributed by atoms with Gasteiger partial charge in [-0.1, -0.05) is 30.3 Å². The van der Waals surface area contributed by atoms with E-state index >= 15 is 0 Å². The number of amides is 1. The van der Waals surface area contributed by atoms with Gasteiger partial charge in [-0.3, -0.25) is 4.79 Å². The molecule has 0 N–H and O–H groups in total. The van der Waals surface area contributed by atoms with Crippen molar-refractivity contribution in [1.82, 2.24) is 4.90 Å². The van der Waals surface area contributed by atoms with E-state index in [2.05, 4.69) is 0 Å². The third-order valence-electron chi connectivity index (χ3n) is 4.23. The molecule has 1 amide bonds. The summed E-state index contributed by atoms with van der Waals surface area (Å²) in [4.78, 5) is 14.5. The van der Waals surface area contributed by atoms with Gasteiger partial charge in [-0.2, -0.15) is 0 Å². The van der Waals surface area contributed by atoms with Gasteiger partial charge >= 0.3 is 0 Å². The summed E-state index contributed by atoms with van der Waals surface area (Å²) in [5, 5.41) is 0. The Morgan fingerprint density at radius 1 is 1.04 bits per heavy atom. The Bertz CT molecular complexity index is 716. The summed E-state index contributed by atoms with van der Waals surface area (Å²) in [6, 6.07) is 13.2. The van der Waals surface area contributed by atoms with Crippen LogP contribution >= 0.6 is 0 Å². The van der Waals surface area contributed by atoms with Crippen LogP contribution in [-0.2, 0) is 11.3 Å². The van der Waals surface area contributed by atoms with Crippen molar-refractivity contribution < 1.29 is 23.7 Å². The topological polar surface area (TPSA) is 57.2 Å². The molecule has 3 rings (SSSR count). The molecule has 0 aliphatic carbocycles. The number of rotatable bonds is 6. The van der Waals surface area contributed by atoms with Crippen LogP contribution in [0.4, 0.5) is 0 Å². The van der Waals surface area contributed by atoms with Gasteiger partial charge < -0.3 is 23.8 Å². The van der Waals surface area contributed by atoms with Gasteiger partial charge in [-0.25, -0.2) is 0 Å². The van der Waals surface area contributed by atoms with Gasteiger partial charge in [0.15, 0.2) is 11.5 Å². The summed E-state index contributed by atoms with van der Waals surface area (Å²) in [7, 11) is 3.10. The molecule has 1 heterocycles. The van der Waals surface area contributed by atoms with Crippen molar-refractivity contribution in [1.29, 1.82) is 0 Å². The molecule has 26 heavy (non-hydrogen) atoms. The Balaban J connectivity index is 1.84. The summed E-state index contributed by atoms with van der Waals surface area (Å²) in [6.07, 6.45) is 0. The molecular weight excluding hydrogens is 334 g/mol. The second kappa shape index (κ2) is 8.58. The smallest absolute Gasteiger partial charge is 0.254 e. The number of carbonyl (C=O) groups excluding carboxylic acids is 1. The predicted molar refractivity (Wildman–Crippen MR) is 97.0 cm³/mol. The van der Waals surface area contributed by atoms with Crippen molar-refractivity contribution in [2.75, 3.05) is 40.5 Å². The highest BCUT2D eigenvalue weighted by atomic mass is 16.5. The zero-order chi connectivity index (χ0) is 18.4. The SMILES string of the molecule is COc1cc(C(=O)N2CCOCC2)cc(OC)c1OCc1ccccc1. The molecule has 0 saturated carbocycles. The molecule has 1 aliphatic heterocycles. The van der Waals surface area contributed by atoms with Crippen LogP contribution in [0.1, 0.15) is 15.9 Å². The monoisotopic (exact) mass is 357 g/mol. The van der Waals surface area contributed by atoms with Gasteiger partial charge in [0, 0.05) is 18.7 Å². The molecule has 0 atom stereocenters. The predicted octanol–water partition coefficient (Wildman–Crippen LogP) is 2.76. The van der Waals surface area contributed by atoms with Crippen LogP contribution in [0, 0.1) is 0 Å². The second-order valence-electron chi connectivity index (χ2n) is 5.89. The Morgan fingerprint density at radius 3 is 2.23 bits per heavy atom. The van der Waals surface area contributed by atoms with Crippen molar-refractivity contribution >= 4 is 5.91 Å². The van der Waals surface area contributed by atoms with Crippen LogP contribution < -0.4 is 14.2 Å². The van der Waals surface area contributed by atoms with E-state index in [1.807, 2.05) is 30.3 Å². The molecule has 1 fully saturated rings. The molecule has 0 unspecified atom stereocenters. The fourth-order valence-corrected chi connectivity index (χ4v) is 2.82. The minimum atomic E-state index is -0.0699. The number of hydrogen-bond acceptors (Lipinski definition) is 5. The van der Waals surface area contributed by atoms with Crippen molar-refractivity contribution in [3.63, 3.8) is 0 Å². The molecule has 6 heteroatoms. The minimum absolute atomic E-state index is 0.0699. The molecule has 0 aromatic heterocycles. The zero-order valence-electron chi connectivity index (χ0n) is 15.1. The molecule has 1 saturated heterocycles. The molecule has 0 spiro atoms.